The summed E-state index contributed by atoms with van der Waals surface area (Å²) in [4.78, 5) is 0. The summed E-state index contributed by atoms with van der Waals surface area (Å²) in [6.45, 7) is 0. The highest BCUT2D eigenvalue weighted by molar-refractivity contribution is 6.31. The summed E-state index contributed by atoms with van der Waals surface area (Å²) >= 11 is 11.4. The monoisotopic (exact) mass is 315 g/mol. The van der Waals surface area contributed by atoms with Crippen LogP contribution in [0.5, 0.6) is 0 Å². The fraction of sp³-hybridized carbons (Fsp3) is 0.200. The van der Waals surface area contributed by atoms with Gasteiger partial charge in [0.05, 0.1) is 10.0 Å². The minimum absolute atomic E-state index is 0.0830. The summed E-state index contributed by atoms with van der Waals surface area (Å²) in [5.41, 5.74) is 1.64. The minimum Gasteiger partial charge on any atom is -0.313 e. The van der Waals surface area contributed by atoms with Gasteiger partial charge in [0.15, 0.2) is 0 Å². The number of hydrogen-bond acceptors (Lipinski definition) is 1. The van der Waals surface area contributed by atoms with Crippen LogP contribution in [0.15, 0.2) is 36.4 Å². The van der Waals surface area contributed by atoms with Gasteiger partial charge >= 0.3 is 0 Å². The molecular weight excluding hydrogens is 303 g/mol. The zero-order valence-corrected chi connectivity index (χ0v) is 12.3. The lowest BCUT2D eigenvalue weighted by molar-refractivity contribution is 0.576. The Morgan fingerprint density at radius 3 is 2.35 bits per heavy atom. The number of hydrogen-bond donors (Lipinski definition) is 1. The smallest absolute Gasteiger partial charge is 0.142 e. The van der Waals surface area contributed by atoms with Crippen molar-refractivity contribution in [3.63, 3.8) is 0 Å². The second-order valence-corrected chi connectivity index (χ2v) is 5.28. The van der Waals surface area contributed by atoms with Crippen molar-refractivity contribution in [2.24, 2.45) is 0 Å². The van der Waals surface area contributed by atoms with Gasteiger partial charge in [-0.1, -0.05) is 35.3 Å². The highest BCUT2D eigenvalue weighted by Crippen LogP contribution is 2.24. The van der Waals surface area contributed by atoms with E-state index in [0.717, 1.165) is 11.1 Å². The van der Waals surface area contributed by atoms with Crippen LogP contribution in [0.2, 0.25) is 10.0 Å². The number of halogens is 4. The molecule has 0 heterocycles. The molecule has 0 aromatic heterocycles. The largest absolute Gasteiger partial charge is 0.313 e. The molecule has 106 valence electrons. The highest BCUT2D eigenvalue weighted by Gasteiger charge is 2.13. The Kier molecular flexibility index (Phi) is 4.97. The van der Waals surface area contributed by atoms with Crippen molar-refractivity contribution in [2.45, 2.75) is 12.5 Å². The Balaban J connectivity index is 2.23. The van der Waals surface area contributed by atoms with Gasteiger partial charge in [0.2, 0.25) is 0 Å². The Labute approximate surface area is 126 Å². The van der Waals surface area contributed by atoms with E-state index in [1.165, 1.54) is 18.2 Å². The highest BCUT2D eigenvalue weighted by atomic mass is 35.5. The maximum absolute atomic E-state index is 13.5. The van der Waals surface area contributed by atoms with Crippen LogP contribution >= 0.6 is 23.2 Å². The Bertz CT molecular complexity index is 617. The van der Waals surface area contributed by atoms with Gasteiger partial charge in [-0.3, -0.25) is 0 Å². The predicted molar refractivity (Wildman–Crippen MR) is 78.3 cm³/mol. The molecule has 0 saturated heterocycles. The Morgan fingerprint density at radius 2 is 1.75 bits per heavy atom. The zero-order chi connectivity index (χ0) is 14.7. The van der Waals surface area contributed by atoms with Crippen molar-refractivity contribution in [1.29, 1.82) is 0 Å². The van der Waals surface area contributed by atoms with Crippen molar-refractivity contribution >= 4 is 23.2 Å². The molecule has 0 aliphatic heterocycles. The first kappa shape index (κ1) is 15.2. The van der Waals surface area contributed by atoms with Crippen LogP contribution in [0.1, 0.15) is 17.2 Å². The molecule has 1 unspecified atom stereocenters. The van der Waals surface area contributed by atoms with E-state index in [0.29, 0.717) is 6.42 Å². The molecule has 2 rings (SSSR count). The molecule has 0 spiro atoms. The van der Waals surface area contributed by atoms with Gasteiger partial charge in [-0.25, -0.2) is 8.78 Å². The molecule has 0 bridgehead atoms. The molecule has 2 aromatic carbocycles. The standard InChI is InChI=1S/C15H13Cl2F2N/c1-20-15(10-3-4-11(16)14(19)8-10)7-9-2-5-13(18)12(17)6-9/h2-6,8,15,20H,7H2,1H3. The summed E-state index contributed by atoms with van der Waals surface area (Å²) in [6, 6.07) is 9.14. The zero-order valence-electron chi connectivity index (χ0n) is 10.8. The maximum Gasteiger partial charge on any atom is 0.142 e. The molecule has 0 radical (unpaired) electrons. The molecular formula is C15H13Cl2F2N. The first-order valence-corrected chi connectivity index (χ1v) is 6.83. The quantitative estimate of drug-likeness (QED) is 0.856. The van der Waals surface area contributed by atoms with Gasteiger partial charge in [-0.2, -0.15) is 0 Å². The number of nitrogens with one attached hydrogen (secondary N) is 1. The third-order valence-corrected chi connectivity index (χ3v) is 3.71. The van der Waals surface area contributed by atoms with E-state index in [2.05, 4.69) is 5.32 Å². The molecule has 1 N–H and O–H groups in total. The van der Waals surface area contributed by atoms with Gasteiger partial charge in [0, 0.05) is 6.04 Å². The van der Waals surface area contributed by atoms with Crippen LogP contribution in [-0.4, -0.2) is 7.05 Å². The molecule has 0 saturated carbocycles. The summed E-state index contributed by atoms with van der Waals surface area (Å²) < 4.78 is 26.6. The van der Waals surface area contributed by atoms with Gasteiger partial charge in [-0.05, 0) is 48.9 Å². The van der Waals surface area contributed by atoms with Crippen LogP contribution in [0, 0.1) is 11.6 Å². The average Bonchev–Trinajstić information content (AvgIpc) is 2.43. The summed E-state index contributed by atoms with van der Waals surface area (Å²) in [7, 11) is 1.78. The molecule has 1 atom stereocenters. The normalized spacial score (nSPS) is 12.4. The number of likely N-dealkylation sites (N-methyl/N-ethyl adjacent to an activating group) is 1. The van der Waals surface area contributed by atoms with Crippen molar-refractivity contribution in [3.8, 4) is 0 Å². The first-order chi connectivity index (χ1) is 9.51. The Morgan fingerprint density at radius 1 is 1.00 bits per heavy atom. The third-order valence-electron chi connectivity index (χ3n) is 3.12. The van der Waals surface area contributed by atoms with E-state index in [1.54, 1.807) is 25.2 Å². The molecule has 2 aromatic rings. The summed E-state index contributed by atoms with van der Waals surface area (Å²) in [5.74, 6) is -0.907. The van der Waals surface area contributed by atoms with E-state index in [1.807, 2.05) is 0 Å². The third kappa shape index (κ3) is 3.48. The molecule has 0 amide bonds. The number of benzene rings is 2. The number of rotatable bonds is 4. The molecule has 0 fully saturated rings. The van der Waals surface area contributed by atoms with Crippen molar-refractivity contribution in [1.82, 2.24) is 5.32 Å². The molecule has 0 aliphatic carbocycles. The van der Waals surface area contributed by atoms with Crippen molar-refractivity contribution in [2.75, 3.05) is 7.05 Å². The van der Waals surface area contributed by atoms with Crippen LogP contribution < -0.4 is 5.32 Å². The fourth-order valence-electron chi connectivity index (χ4n) is 2.02. The maximum atomic E-state index is 13.5. The summed E-state index contributed by atoms with van der Waals surface area (Å²) in [6.07, 6.45) is 0.567. The first-order valence-electron chi connectivity index (χ1n) is 6.07. The van der Waals surface area contributed by atoms with E-state index in [-0.39, 0.29) is 16.1 Å². The Hall–Kier alpha value is -1.16. The SMILES string of the molecule is CNC(Cc1ccc(F)c(Cl)c1)c1ccc(Cl)c(F)c1. The fourth-order valence-corrected chi connectivity index (χ4v) is 2.34. The van der Waals surface area contributed by atoms with Crippen LogP contribution in [-0.2, 0) is 6.42 Å². The molecule has 0 aliphatic rings. The lowest BCUT2D eigenvalue weighted by Gasteiger charge is -2.17. The van der Waals surface area contributed by atoms with Gasteiger partial charge in [-0.15, -0.1) is 0 Å². The lowest BCUT2D eigenvalue weighted by atomic mass is 9.99. The second-order valence-electron chi connectivity index (χ2n) is 4.47. The minimum atomic E-state index is -0.457. The lowest BCUT2D eigenvalue weighted by Crippen LogP contribution is -2.19. The van der Waals surface area contributed by atoms with E-state index < -0.39 is 11.6 Å². The molecule has 1 nitrogen and oxygen atoms in total. The second kappa shape index (κ2) is 6.53. The van der Waals surface area contributed by atoms with E-state index in [4.69, 9.17) is 23.2 Å². The van der Waals surface area contributed by atoms with Crippen LogP contribution in [0.25, 0.3) is 0 Å². The van der Waals surface area contributed by atoms with Crippen LogP contribution in [0.4, 0.5) is 8.78 Å². The summed E-state index contributed by atoms with van der Waals surface area (Å²) in [5, 5.41) is 3.28. The molecule has 20 heavy (non-hydrogen) atoms. The van der Waals surface area contributed by atoms with Gasteiger partial charge in [0.1, 0.15) is 11.6 Å². The van der Waals surface area contributed by atoms with Gasteiger partial charge in [0.25, 0.3) is 0 Å². The van der Waals surface area contributed by atoms with Crippen molar-refractivity contribution in [3.05, 3.63) is 69.2 Å². The van der Waals surface area contributed by atoms with E-state index >= 15 is 0 Å². The average molecular weight is 316 g/mol. The van der Waals surface area contributed by atoms with Gasteiger partial charge < -0.3 is 5.32 Å². The topological polar surface area (TPSA) is 12.0 Å². The van der Waals surface area contributed by atoms with Crippen molar-refractivity contribution < 1.29 is 8.78 Å². The molecule has 5 heteroatoms. The van der Waals surface area contributed by atoms with E-state index in [9.17, 15) is 8.78 Å². The van der Waals surface area contributed by atoms with Crippen LogP contribution in [0.3, 0.4) is 0 Å². The predicted octanol–water partition coefficient (Wildman–Crippen LogP) is 4.77.